The Labute approximate surface area is 119 Å². The predicted molar refractivity (Wildman–Crippen MR) is 78.8 cm³/mol. The van der Waals surface area contributed by atoms with Gasteiger partial charge in [-0.1, -0.05) is 19.4 Å². The molecule has 1 heterocycles. The Bertz CT molecular complexity index is 702. The molecule has 20 heavy (non-hydrogen) atoms. The van der Waals surface area contributed by atoms with Gasteiger partial charge in [0.2, 0.25) is 0 Å². The average molecular weight is 272 g/mol. The predicted octanol–water partition coefficient (Wildman–Crippen LogP) is 3.45. The number of hydrogen-bond donors (Lipinski definition) is 0. The zero-order chi connectivity index (χ0) is 14.3. The van der Waals surface area contributed by atoms with Crippen molar-refractivity contribution in [3.8, 4) is 0 Å². The number of aryl methyl sites for hydroxylation is 2. The minimum absolute atomic E-state index is 0.219. The number of benzene rings is 1. The van der Waals surface area contributed by atoms with Crippen molar-refractivity contribution in [2.24, 2.45) is 5.92 Å². The van der Waals surface area contributed by atoms with Crippen molar-refractivity contribution in [2.75, 3.05) is 0 Å². The Kier molecular flexibility index (Phi) is 3.36. The maximum absolute atomic E-state index is 12.3. The van der Waals surface area contributed by atoms with Crippen LogP contribution in [0.4, 0.5) is 0 Å². The molecule has 1 aromatic heterocycles. The molecule has 3 heteroatoms. The summed E-state index contributed by atoms with van der Waals surface area (Å²) in [5, 5.41) is 1.03. The van der Waals surface area contributed by atoms with Gasteiger partial charge in [0, 0.05) is 12.3 Å². The van der Waals surface area contributed by atoms with E-state index in [9.17, 15) is 4.79 Å². The van der Waals surface area contributed by atoms with Crippen LogP contribution < -0.4 is 10.3 Å². The molecule has 1 aliphatic rings. The van der Waals surface area contributed by atoms with E-state index in [4.69, 9.17) is 4.42 Å². The molecule has 1 fully saturated rings. The summed E-state index contributed by atoms with van der Waals surface area (Å²) in [7, 11) is 0. The molecule has 0 radical (unpaired) electrons. The highest BCUT2D eigenvalue weighted by molar-refractivity contribution is 5.78. The lowest BCUT2D eigenvalue weighted by atomic mass is 9.86. The van der Waals surface area contributed by atoms with Gasteiger partial charge in [0.15, 0.2) is 17.8 Å². The smallest absolute Gasteiger partial charge is 0.371 e. The van der Waals surface area contributed by atoms with Gasteiger partial charge in [-0.2, -0.15) is 4.79 Å². The summed E-state index contributed by atoms with van der Waals surface area (Å²) >= 11 is 0. The van der Waals surface area contributed by atoms with Gasteiger partial charge in [-0.15, -0.1) is 4.57 Å². The summed E-state index contributed by atoms with van der Waals surface area (Å²) in [5.41, 5.74) is 2.95. The maximum atomic E-state index is 12.3. The van der Waals surface area contributed by atoms with Crippen LogP contribution in [0.2, 0.25) is 0 Å². The molecule has 0 spiro atoms. The van der Waals surface area contributed by atoms with Crippen LogP contribution in [0.5, 0.6) is 0 Å². The summed E-state index contributed by atoms with van der Waals surface area (Å²) in [6.45, 7) is 6.30. The third-order valence-corrected chi connectivity index (χ3v) is 4.55. The fraction of sp³-hybridized carbons (Fsp3) is 0.529. The van der Waals surface area contributed by atoms with Crippen LogP contribution in [-0.4, -0.2) is 0 Å². The van der Waals surface area contributed by atoms with Crippen LogP contribution in [0, 0.1) is 19.8 Å². The second-order valence-corrected chi connectivity index (χ2v) is 6.23. The Morgan fingerprint density at radius 1 is 1.20 bits per heavy atom. The first-order valence-electron chi connectivity index (χ1n) is 7.52. The van der Waals surface area contributed by atoms with Gasteiger partial charge < -0.3 is 4.42 Å². The van der Waals surface area contributed by atoms with Crippen LogP contribution in [0.1, 0.15) is 49.8 Å². The van der Waals surface area contributed by atoms with E-state index in [0.717, 1.165) is 23.0 Å². The third kappa shape index (κ3) is 2.26. The fourth-order valence-electron chi connectivity index (χ4n) is 3.51. The Morgan fingerprint density at radius 3 is 2.70 bits per heavy atom. The molecule has 0 N–H and O–H groups in total. The molecule has 3 nitrogen and oxygen atoms in total. The summed E-state index contributed by atoms with van der Waals surface area (Å²) in [6.07, 6.45) is 6.74. The van der Waals surface area contributed by atoms with Gasteiger partial charge in [-0.3, -0.25) is 0 Å². The highest BCUT2D eigenvalue weighted by atomic mass is 16.4. The number of rotatable bonds is 1. The molecule has 1 aromatic carbocycles. The van der Waals surface area contributed by atoms with E-state index in [1.807, 2.05) is 17.7 Å². The van der Waals surface area contributed by atoms with Gasteiger partial charge in [0.05, 0.1) is 5.39 Å². The van der Waals surface area contributed by atoms with E-state index >= 15 is 0 Å². The third-order valence-electron chi connectivity index (χ3n) is 4.55. The highest BCUT2D eigenvalue weighted by Crippen LogP contribution is 2.29. The Hall–Kier alpha value is -1.64. The molecule has 3 rings (SSSR count). The van der Waals surface area contributed by atoms with Gasteiger partial charge in [0.1, 0.15) is 0 Å². The molecule has 1 aliphatic carbocycles. The van der Waals surface area contributed by atoms with Crippen LogP contribution in [-0.2, 0) is 0 Å². The lowest BCUT2D eigenvalue weighted by Crippen LogP contribution is -2.55. The molecule has 1 saturated carbocycles. The summed E-state index contributed by atoms with van der Waals surface area (Å²) in [4.78, 5) is 12.3. The molecule has 0 aliphatic heterocycles. The van der Waals surface area contributed by atoms with Gasteiger partial charge in [0.25, 0.3) is 0 Å². The van der Waals surface area contributed by atoms with E-state index in [0.29, 0.717) is 5.92 Å². The maximum Gasteiger partial charge on any atom is 0.602 e. The molecular formula is C17H22NO2+. The number of hydrogen-bond acceptors (Lipinski definition) is 2. The zero-order valence-electron chi connectivity index (χ0n) is 12.5. The first-order valence-corrected chi connectivity index (χ1v) is 7.52. The van der Waals surface area contributed by atoms with E-state index in [-0.39, 0.29) is 11.8 Å². The molecule has 0 saturated heterocycles. The van der Waals surface area contributed by atoms with Crippen LogP contribution in [0.25, 0.3) is 11.0 Å². The second kappa shape index (κ2) is 5.04. The first kappa shape index (κ1) is 13.3. The zero-order valence-corrected chi connectivity index (χ0v) is 12.5. The minimum Gasteiger partial charge on any atom is -0.371 e. The van der Waals surface area contributed by atoms with Gasteiger partial charge >= 0.3 is 5.76 Å². The molecule has 0 bridgehead atoms. The van der Waals surface area contributed by atoms with Crippen molar-refractivity contribution in [3.05, 3.63) is 40.0 Å². The molecule has 106 valence electrons. The summed E-state index contributed by atoms with van der Waals surface area (Å²) in [5.74, 6) is 0.322. The van der Waals surface area contributed by atoms with Gasteiger partial charge in [-0.25, -0.2) is 0 Å². The van der Waals surface area contributed by atoms with Crippen molar-refractivity contribution in [1.82, 2.24) is 0 Å². The van der Waals surface area contributed by atoms with E-state index < -0.39 is 0 Å². The fourth-order valence-corrected chi connectivity index (χ4v) is 3.51. The van der Waals surface area contributed by atoms with Crippen molar-refractivity contribution in [1.29, 1.82) is 0 Å². The van der Waals surface area contributed by atoms with Crippen LogP contribution >= 0.6 is 0 Å². The quantitative estimate of drug-likeness (QED) is 0.745. The lowest BCUT2D eigenvalue weighted by molar-refractivity contribution is -0.753. The Morgan fingerprint density at radius 2 is 1.95 bits per heavy atom. The van der Waals surface area contributed by atoms with E-state index in [1.165, 1.54) is 24.8 Å². The van der Waals surface area contributed by atoms with Crippen molar-refractivity contribution in [2.45, 2.75) is 52.5 Å². The van der Waals surface area contributed by atoms with Crippen LogP contribution in [0.3, 0.4) is 0 Å². The number of nitrogens with zero attached hydrogens (tertiary/aromatic N) is 1. The average Bonchev–Trinajstić information content (AvgIpc) is 2.40. The molecule has 2 aromatic rings. The van der Waals surface area contributed by atoms with Crippen molar-refractivity contribution in [3.63, 3.8) is 0 Å². The van der Waals surface area contributed by atoms with E-state index in [2.05, 4.69) is 26.0 Å². The normalized spacial score (nSPS) is 23.1. The second-order valence-electron chi connectivity index (χ2n) is 6.23. The minimum atomic E-state index is -0.219. The highest BCUT2D eigenvalue weighted by Gasteiger charge is 2.32. The molecule has 2 atom stereocenters. The SMILES string of the molecule is Cc1cc(C)c2oc(=O)[n+](C3CCCCC3C)cc2c1. The largest absolute Gasteiger partial charge is 0.602 e. The molecular weight excluding hydrogens is 250 g/mol. The monoisotopic (exact) mass is 272 g/mol. The van der Waals surface area contributed by atoms with Gasteiger partial charge in [-0.05, 0) is 43.9 Å². The lowest BCUT2D eigenvalue weighted by Gasteiger charge is -2.23. The van der Waals surface area contributed by atoms with Crippen LogP contribution in [0.15, 0.2) is 27.5 Å². The summed E-state index contributed by atoms with van der Waals surface area (Å²) in [6, 6.07) is 4.43. The summed E-state index contributed by atoms with van der Waals surface area (Å²) < 4.78 is 7.41. The molecule has 2 unspecified atom stereocenters. The van der Waals surface area contributed by atoms with Crippen molar-refractivity contribution < 1.29 is 8.98 Å². The molecule has 0 amide bonds. The Balaban J connectivity index is 2.16. The number of aromatic nitrogens is 1. The standard InChI is InChI=1S/C17H22NO2/c1-11-8-13(3)16-14(9-11)10-18(17(19)20-16)15-7-5-4-6-12(15)2/h8-10,12,15H,4-7H2,1-3H3/q+1. The van der Waals surface area contributed by atoms with Crippen molar-refractivity contribution >= 4 is 11.0 Å². The van der Waals surface area contributed by atoms with E-state index in [1.54, 1.807) is 0 Å². The first-order chi connectivity index (χ1) is 9.56. The topological polar surface area (TPSA) is 34.1 Å². The number of fused-ring (bicyclic) bond motifs is 1.